The zero-order valence-corrected chi connectivity index (χ0v) is 15.9. The molecule has 0 atom stereocenters. The summed E-state index contributed by atoms with van der Waals surface area (Å²) in [5.74, 6) is -1.68. The zero-order valence-electron chi connectivity index (χ0n) is 14.3. The molecule has 2 aromatic carbocycles. The van der Waals surface area contributed by atoms with Gasteiger partial charge in [0.25, 0.3) is 0 Å². The number of nitrogens with one attached hydrogen (secondary N) is 1. The highest BCUT2D eigenvalue weighted by atomic mass is 35.5. The number of halogens is 1. The Morgan fingerprint density at radius 3 is 2.46 bits per heavy atom. The molecule has 10 heteroatoms. The Balaban J connectivity index is 2.06. The fourth-order valence-corrected chi connectivity index (χ4v) is 3.99. The van der Waals surface area contributed by atoms with Gasteiger partial charge in [-0.25, -0.2) is 8.42 Å². The lowest BCUT2D eigenvalue weighted by molar-refractivity contribution is 0.403. The van der Waals surface area contributed by atoms with Crippen LogP contribution in [0.3, 0.4) is 0 Å². The quantitative estimate of drug-likeness (QED) is 0.352. The predicted octanol–water partition coefficient (Wildman–Crippen LogP) is 2.95. The molecule has 148 valence electrons. The minimum Gasteiger partial charge on any atom is -0.504 e. The summed E-state index contributed by atoms with van der Waals surface area (Å²) in [6.07, 6.45) is 0.274. The van der Waals surface area contributed by atoms with Gasteiger partial charge in [0.1, 0.15) is 5.58 Å². The van der Waals surface area contributed by atoms with Crippen molar-refractivity contribution in [3.63, 3.8) is 0 Å². The molecule has 8 nitrogen and oxygen atoms in total. The van der Waals surface area contributed by atoms with E-state index in [-0.39, 0.29) is 51.8 Å². The van der Waals surface area contributed by atoms with Crippen molar-refractivity contribution in [3.05, 3.63) is 46.6 Å². The van der Waals surface area contributed by atoms with Crippen LogP contribution in [0.2, 0.25) is 0 Å². The first-order valence-corrected chi connectivity index (χ1v) is 10.3. The zero-order chi connectivity index (χ0) is 20.5. The van der Waals surface area contributed by atoms with Gasteiger partial charge in [0.05, 0.1) is 11.1 Å². The lowest BCUT2D eigenvalue weighted by atomic mass is 10.1. The van der Waals surface area contributed by atoms with Gasteiger partial charge >= 0.3 is 0 Å². The number of fused-ring (bicyclic) bond motifs is 1. The van der Waals surface area contributed by atoms with E-state index < -0.39 is 27.0 Å². The summed E-state index contributed by atoms with van der Waals surface area (Å²) in [5.41, 5.74) is -0.346. The molecule has 0 fully saturated rings. The Hall–Kier alpha value is -2.91. The Morgan fingerprint density at radius 2 is 1.79 bits per heavy atom. The number of anilines is 1. The highest BCUT2D eigenvalue weighted by Crippen LogP contribution is 2.35. The highest BCUT2D eigenvalue weighted by Gasteiger charge is 2.18. The molecule has 0 radical (unpaired) electrons. The summed E-state index contributed by atoms with van der Waals surface area (Å²) in [7, 11) is -3.63. The van der Waals surface area contributed by atoms with Crippen molar-refractivity contribution in [3.8, 4) is 28.6 Å². The Kier molecular flexibility index (Phi) is 5.39. The minimum atomic E-state index is -3.63. The second kappa shape index (κ2) is 7.61. The maximum Gasteiger partial charge on any atom is 0.235 e. The van der Waals surface area contributed by atoms with Crippen LogP contribution < -0.4 is 10.2 Å². The van der Waals surface area contributed by atoms with E-state index in [1.165, 1.54) is 30.3 Å². The van der Waals surface area contributed by atoms with Gasteiger partial charge in [-0.15, -0.1) is 11.6 Å². The first kappa shape index (κ1) is 19.8. The van der Waals surface area contributed by atoms with Crippen molar-refractivity contribution < 1.29 is 28.2 Å². The van der Waals surface area contributed by atoms with Crippen molar-refractivity contribution in [1.29, 1.82) is 0 Å². The van der Waals surface area contributed by atoms with Crippen LogP contribution in [-0.4, -0.2) is 35.4 Å². The predicted molar refractivity (Wildman–Crippen MR) is 106 cm³/mol. The average molecular weight is 426 g/mol. The molecule has 0 spiro atoms. The number of phenolic OH excluding ortho intramolecular Hbond substituents is 2. The van der Waals surface area contributed by atoms with Crippen LogP contribution in [0.15, 0.2) is 45.6 Å². The Bertz CT molecular complexity index is 1200. The molecule has 0 saturated heterocycles. The van der Waals surface area contributed by atoms with Crippen LogP contribution in [0.25, 0.3) is 22.3 Å². The van der Waals surface area contributed by atoms with Crippen molar-refractivity contribution in [1.82, 2.24) is 0 Å². The number of hydrogen-bond donors (Lipinski definition) is 4. The molecule has 0 aliphatic heterocycles. The van der Waals surface area contributed by atoms with Crippen LogP contribution in [0.5, 0.6) is 17.2 Å². The van der Waals surface area contributed by atoms with E-state index in [2.05, 4.69) is 4.72 Å². The molecule has 1 aromatic heterocycles. The van der Waals surface area contributed by atoms with Gasteiger partial charge in [0.15, 0.2) is 17.3 Å². The van der Waals surface area contributed by atoms with E-state index in [4.69, 9.17) is 16.0 Å². The molecule has 1 heterocycles. The van der Waals surface area contributed by atoms with Crippen LogP contribution in [0.4, 0.5) is 5.69 Å². The topological polar surface area (TPSA) is 137 Å². The summed E-state index contributed by atoms with van der Waals surface area (Å²) in [5, 5.41) is 29.2. The molecule has 0 aliphatic rings. The molecule has 0 saturated carbocycles. The molecule has 4 N–H and O–H groups in total. The number of benzene rings is 2. The van der Waals surface area contributed by atoms with E-state index >= 15 is 0 Å². The number of alkyl halides is 1. The van der Waals surface area contributed by atoms with Gasteiger partial charge < -0.3 is 19.7 Å². The Morgan fingerprint density at radius 1 is 1.04 bits per heavy atom. The van der Waals surface area contributed by atoms with E-state index in [0.29, 0.717) is 0 Å². The van der Waals surface area contributed by atoms with Gasteiger partial charge in [-0.3, -0.25) is 9.52 Å². The molecule has 0 unspecified atom stereocenters. The van der Waals surface area contributed by atoms with Gasteiger partial charge in [-0.05, 0) is 42.8 Å². The summed E-state index contributed by atoms with van der Waals surface area (Å²) in [4.78, 5) is 12.5. The van der Waals surface area contributed by atoms with Crippen LogP contribution in [0, 0.1) is 0 Å². The molecule has 0 bridgehead atoms. The molecular weight excluding hydrogens is 410 g/mol. The number of rotatable bonds is 6. The lowest BCUT2D eigenvalue weighted by Crippen LogP contribution is -2.17. The maximum atomic E-state index is 12.5. The van der Waals surface area contributed by atoms with E-state index in [1.807, 2.05) is 0 Å². The summed E-state index contributed by atoms with van der Waals surface area (Å²) in [6.45, 7) is 0. The van der Waals surface area contributed by atoms with Gasteiger partial charge in [-0.1, -0.05) is 0 Å². The third kappa shape index (κ3) is 4.00. The first-order valence-electron chi connectivity index (χ1n) is 8.10. The first-order chi connectivity index (χ1) is 13.2. The van der Waals surface area contributed by atoms with E-state index in [1.54, 1.807) is 0 Å². The third-order valence-corrected chi connectivity index (χ3v) is 5.56. The maximum absolute atomic E-state index is 12.5. The smallest absolute Gasteiger partial charge is 0.235 e. The van der Waals surface area contributed by atoms with Crippen molar-refractivity contribution in [2.45, 2.75) is 6.42 Å². The summed E-state index contributed by atoms with van der Waals surface area (Å²) < 4.78 is 31.9. The van der Waals surface area contributed by atoms with Crippen LogP contribution >= 0.6 is 11.6 Å². The standard InChI is InChI=1S/C18H16ClNO7S/c19-6-1-7-28(25,26)20-11-3-5-15-12(9-11)16(23)17(24)18(27-15)10-2-4-13(21)14(22)8-10/h2-5,8-9,20-22,24H,1,6-7H2. The van der Waals surface area contributed by atoms with E-state index in [0.717, 1.165) is 6.07 Å². The molecule has 0 aliphatic carbocycles. The highest BCUT2D eigenvalue weighted by molar-refractivity contribution is 7.92. The SMILES string of the molecule is O=c1c(O)c(-c2ccc(O)c(O)c2)oc2ccc(NS(=O)(=O)CCCCl)cc12. The number of hydrogen-bond acceptors (Lipinski definition) is 7. The summed E-state index contributed by atoms with van der Waals surface area (Å²) in [6, 6.07) is 7.75. The van der Waals surface area contributed by atoms with Crippen molar-refractivity contribution in [2.75, 3.05) is 16.4 Å². The Labute approximate surface area is 164 Å². The van der Waals surface area contributed by atoms with Gasteiger partial charge in [0.2, 0.25) is 21.2 Å². The van der Waals surface area contributed by atoms with Crippen LogP contribution in [0.1, 0.15) is 6.42 Å². The van der Waals surface area contributed by atoms with E-state index in [9.17, 15) is 28.5 Å². The fourth-order valence-electron chi connectivity index (χ4n) is 2.58. The van der Waals surface area contributed by atoms with Gasteiger partial charge in [-0.2, -0.15) is 0 Å². The number of aromatic hydroxyl groups is 3. The normalized spacial score (nSPS) is 11.6. The molecule has 3 rings (SSSR count). The van der Waals surface area contributed by atoms with Crippen molar-refractivity contribution in [2.24, 2.45) is 0 Å². The second-order valence-corrected chi connectivity index (χ2v) is 8.21. The molecule has 28 heavy (non-hydrogen) atoms. The molecular formula is C18H16ClNO7S. The number of sulfonamides is 1. The monoisotopic (exact) mass is 425 g/mol. The largest absolute Gasteiger partial charge is 0.504 e. The lowest BCUT2D eigenvalue weighted by Gasteiger charge is -2.10. The fraction of sp³-hybridized carbons (Fsp3) is 0.167. The summed E-state index contributed by atoms with van der Waals surface area (Å²) >= 11 is 5.51. The average Bonchev–Trinajstić information content (AvgIpc) is 2.65. The third-order valence-electron chi connectivity index (χ3n) is 3.92. The van der Waals surface area contributed by atoms with Crippen LogP contribution in [-0.2, 0) is 10.0 Å². The number of phenols is 2. The van der Waals surface area contributed by atoms with Gasteiger partial charge in [0, 0.05) is 17.1 Å². The second-order valence-electron chi connectivity index (χ2n) is 5.99. The molecule has 3 aromatic rings. The van der Waals surface area contributed by atoms with Crippen molar-refractivity contribution >= 4 is 38.3 Å². The minimum absolute atomic E-state index is 0.0261. The molecule has 0 amide bonds.